The van der Waals surface area contributed by atoms with Crippen LogP contribution in [-0.4, -0.2) is 30.3 Å². The zero-order valence-electron chi connectivity index (χ0n) is 18.1. The molecule has 0 saturated carbocycles. The number of halogens is 2. The van der Waals surface area contributed by atoms with Gasteiger partial charge in [0.15, 0.2) is 6.61 Å². The second kappa shape index (κ2) is 8.86. The summed E-state index contributed by atoms with van der Waals surface area (Å²) in [5.41, 5.74) is 1.95. The summed E-state index contributed by atoms with van der Waals surface area (Å²) in [5.74, 6) is -4.62. The van der Waals surface area contributed by atoms with Crippen molar-refractivity contribution in [3.8, 4) is 0 Å². The number of imide groups is 1. The number of hydrogen-bond acceptors (Lipinski definition) is 5. The van der Waals surface area contributed by atoms with E-state index in [1.165, 1.54) is 18.2 Å². The summed E-state index contributed by atoms with van der Waals surface area (Å²) >= 11 is 0. The molecule has 1 aliphatic heterocycles. The number of anilines is 2. The maximum absolute atomic E-state index is 13.6. The minimum Gasteiger partial charge on any atom is -0.452 e. The molecule has 172 valence electrons. The molecular weight excluding hydrogens is 446 g/mol. The number of carbonyl (C=O) groups is 4. The van der Waals surface area contributed by atoms with Gasteiger partial charge in [0.2, 0.25) is 0 Å². The van der Waals surface area contributed by atoms with Crippen molar-refractivity contribution in [3.63, 3.8) is 0 Å². The van der Waals surface area contributed by atoms with E-state index < -0.39 is 41.9 Å². The molecule has 3 aromatic rings. The minimum absolute atomic E-state index is 0.0384. The average Bonchev–Trinajstić information content (AvgIpc) is 3.05. The highest BCUT2D eigenvalue weighted by atomic mass is 19.1. The van der Waals surface area contributed by atoms with Gasteiger partial charge in [-0.05, 0) is 61.4 Å². The molecule has 3 aromatic carbocycles. The van der Waals surface area contributed by atoms with Crippen LogP contribution in [0.3, 0.4) is 0 Å². The zero-order chi connectivity index (χ0) is 24.6. The number of fused-ring (bicyclic) bond motifs is 1. The van der Waals surface area contributed by atoms with Gasteiger partial charge in [-0.1, -0.05) is 12.1 Å². The number of amides is 3. The zero-order valence-corrected chi connectivity index (χ0v) is 18.1. The third kappa shape index (κ3) is 4.27. The van der Waals surface area contributed by atoms with Crippen molar-refractivity contribution in [2.45, 2.75) is 13.8 Å². The summed E-state index contributed by atoms with van der Waals surface area (Å²) in [6.07, 6.45) is 0. The highest BCUT2D eigenvalue weighted by molar-refractivity contribution is 6.35. The molecule has 0 unspecified atom stereocenters. The van der Waals surface area contributed by atoms with Crippen molar-refractivity contribution in [3.05, 3.63) is 94.0 Å². The fourth-order valence-electron chi connectivity index (χ4n) is 3.54. The van der Waals surface area contributed by atoms with Crippen molar-refractivity contribution in [2.75, 3.05) is 16.8 Å². The lowest BCUT2D eigenvalue weighted by Crippen LogP contribution is -2.30. The first-order valence-electron chi connectivity index (χ1n) is 10.2. The normalized spacial score (nSPS) is 12.5. The smallest absolute Gasteiger partial charge is 0.338 e. The lowest BCUT2D eigenvalue weighted by atomic mass is 10.1. The van der Waals surface area contributed by atoms with Crippen LogP contribution in [-0.2, 0) is 9.53 Å². The number of nitrogens with zero attached hydrogens (tertiary/aromatic N) is 1. The summed E-state index contributed by atoms with van der Waals surface area (Å²) in [7, 11) is 0. The number of nitrogens with one attached hydrogen (secondary N) is 1. The number of rotatable bonds is 5. The van der Waals surface area contributed by atoms with Crippen LogP contribution in [0.2, 0.25) is 0 Å². The Balaban J connectivity index is 1.47. The van der Waals surface area contributed by atoms with Gasteiger partial charge < -0.3 is 10.1 Å². The van der Waals surface area contributed by atoms with Crippen molar-refractivity contribution in [1.82, 2.24) is 0 Å². The third-order valence-electron chi connectivity index (χ3n) is 5.27. The number of benzene rings is 3. The Bertz CT molecular complexity index is 1370. The van der Waals surface area contributed by atoms with Crippen LogP contribution < -0.4 is 10.2 Å². The average molecular weight is 464 g/mol. The molecule has 0 aliphatic carbocycles. The van der Waals surface area contributed by atoms with E-state index in [1.54, 1.807) is 19.1 Å². The number of ether oxygens (including phenoxy) is 1. The maximum atomic E-state index is 13.6. The molecule has 4 rings (SSSR count). The molecule has 34 heavy (non-hydrogen) atoms. The molecule has 0 radical (unpaired) electrons. The van der Waals surface area contributed by atoms with Gasteiger partial charge >= 0.3 is 5.97 Å². The molecule has 1 aliphatic rings. The quantitative estimate of drug-likeness (QED) is 0.452. The standard InChI is InChI=1S/C25H18F2N2O5/c1-13-3-4-14(2)21(9-13)29-23(31)17-7-5-15(10-18(17)24(29)32)25(33)34-12-22(30)28-20-8-6-16(26)11-19(20)27/h3-11H,12H2,1-2H3,(H,28,30). The molecule has 1 heterocycles. The fraction of sp³-hybridized carbons (Fsp3) is 0.120. The van der Waals surface area contributed by atoms with Gasteiger partial charge in [0.05, 0.1) is 28.1 Å². The number of aryl methyl sites for hydroxylation is 2. The first-order valence-corrected chi connectivity index (χ1v) is 10.2. The van der Waals surface area contributed by atoms with E-state index in [2.05, 4.69) is 5.32 Å². The van der Waals surface area contributed by atoms with Gasteiger partial charge in [0.1, 0.15) is 11.6 Å². The Labute approximate surface area is 192 Å². The van der Waals surface area contributed by atoms with Crippen molar-refractivity contribution >= 4 is 35.1 Å². The van der Waals surface area contributed by atoms with Crippen molar-refractivity contribution < 1.29 is 32.7 Å². The lowest BCUT2D eigenvalue weighted by molar-refractivity contribution is -0.119. The summed E-state index contributed by atoms with van der Waals surface area (Å²) in [6.45, 7) is 2.88. The summed E-state index contributed by atoms with van der Waals surface area (Å²) in [4.78, 5) is 51.3. The molecule has 9 heteroatoms. The van der Waals surface area contributed by atoms with Gasteiger partial charge in [-0.15, -0.1) is 0 Å². The predicted molar refractivity (Wildman–Crippen MR) is 119 cm³/mol. The van der Waals surface area contributed by atoms with Crippen LogP contribution in [0.5, 0.6) is 0 Å². The van der Waals surface area contributed by atoms with Crippen LogP contribution in [0, 0.1) is 25.5 Å². The second-order valence-electron chi connectivity index (χ2n) is 7.74. The molecule has 0 fully saturated rings. The van der Waals surface area contributed by atoms with Crippen molar-refractivity contribution in [1.29, 1.82) is 0 Å². The predicted octanol–water partition coefficient (Wildman–Crippen LogP) is 4.18. The van der Waals surface area contributed by atoms with E-state index in [-0.39, 0.29) is 22.4 Å². The largest absolute Gasteiger partial charge is 0.452 e. The van der Waals surface area contributed by atoms with Crippen LogP contribution in [0.4, 0.5) is 20.2 Å². The molecule has 1 N–H and O–H groups in total. The SMILES string of the molecule is Cc1ccc(C)c(N2C(=O)c3ccc(C(=O)OCC(=O)Nc4ccc(F)cc4F)cc3C2=O)c1. The summed E-state index contributed by atoms with van der Waals surface area (Å²) < 4.78 is 31.5. The van der Waals surface area contributed by atoms with Gasteiger partial charge in [-0.25, -0.2) is 18.5 Å². The van der Waals surface area contributed by atoms with E-state index >= 15 is 0 Å². The van der Waals surface area contributed by atoms with E-state index in [4.69, 9.17) is 4.74 Å². The Morgan fingerprint density at radius 2 is 1.65 bits per heavy atom. The molecule has 0 saturated heterocycles. The summed E-state index contributed by atoms with van der Waals surface area (Å²) in [6, 6.07) is 11.9. The Morgan fingerprint density at radius 3 is 2.38 bits per heavy atom. The molecule has 3 amide bonds. The molecule has 7 nitrogen and oxygen atoms in total. The Hall–Kier alpha value is -4.40. The minimum atomic E-state index is -0.977. The summed E-state index contributed by atoms with van der Waals surface area (Å²) in [5, 5.41) is 2.17. The van der Waals surface area contributed by atoms with E-state index in [9.17, 15) is 28.0 Å². The lowest BCUT2D eigenvalue weighted by Gasteiger charge is -2.17. The van der Waals surface area contributed by atoms with Crippen LogP contribution in [0.25, 0.3) is 0 Å². The van der Waals surface area contributed by atoms with Crippen LogP contribution in [0.15, 0.2) is 54.6 Å². The number of esters is 1. The van der Waals surface area contributed by atoms with E-state index in [1.807, 2.05) is 13.0 Å². The highest BCUT2D eigenvalue weighted by Gasteiger charge is 2.38. The number of carbonyl (C=O) groups excluding carboxylic acids is 4. The number of hydrogen-bond donors (Lipinski definition) is 1. The first kappa shape index (κ1) is 22.8. The Kier molecular flexibility index (Phi) is 5.93. The molecule has 0 spiro atoms. The van der Waals surface area contributed by atoms with Crippen LogP contribution >= 0.6 is 0 Å². The first-order chi connectivity index (χ1) is 16.2. The molecule has 0 atom stereocenters. The van der Waals surface area contributed by atoms with E-state index in [0.717, 1.165) is 28.2 Å². The molecule has 0 aromatic heterocycles. The molecule has 0 bridgehead atoms. The van der Waals surface area contributed by atoms with Crippen LogP contribution in [0.1, 0.15) is 42.2 Å². The topological polar surface area (TPSA) is 92.8 Å². The maximum Gasteiger partial charge on any atom is 0.338 e. The fourth-order valence-corrected chi connectivity index (χ4v) is 3.54. The van der Waals surface area contributed by atoms with Gasteiger partial charge in [0, 0.05) is 6.07 Å². The highest BCUT2D eigenvalue weighted by Crippen LogP contribution is 2.32. The van der Waals surface area contributed by atoms with Gasteiger partial charge in [0.25, 0.3) is 17.7 Å². The Morgan fingerprint density at radius 1 is 0.912 bits per heavy atom. The van der Waals surface area contributed by atoms with Crippen molar-refractivity contribution in [2.24, 2.45) is 0 Å². The van der Waals surface area contributed by atoms with E-state index in [0.29, 0.717) is 11.8 Å². The second-order valence-corrected chi connectivity index (χ2v) is 7.74. The molecular formula is C25H18F2N2O5. The third-order valence-corrected chi connectivity index (χ3v) is 5.27. The van der Waals surface area contributed by atoms with Gasteiger partial charge in [-0.2, -0.15) is 0 Å². The van der Waals surface area contributed by atoms with Gasteiger partial charge in [-0.3, -0.25) is 14.4 Å². The monoisotopic (exact) mass is 464 g/mol.